The molecule has 1 aromatic heterocycles. The van der Waals surface area contributed by atoms with E-state index in [-0.39, 0.29) is 10.6 Å². The van der Waals surface area contributed by atoms with Gasteiger partial charge in [0.2, 0.25) is 0 Å². The average Bonchev–Trinajstić information content (AvgIpc) is 2.49. The molecule has 0 N–H and O–H groups in total. The Balaban J connectivity index is 2.05. The molecule has 7 heteroatoms. The van der Waals surface area contributed by atoms with Gasteiger partial charge in [-0.3, -0.25) is 0 Å². The van der Waals surface area contributed by atoms with E-state index in [0.29, 0.717) is 21.4 Å². The third-order valence-corrected chi connectivity index (χ3v) is 6.03. The summed E-state index contributed by atoms with van der Waals surface area (Å²) in [6.07, 6.45) is 1.61. The molecule has 2 aromatic rings. The number of sulfone groups is 1. The highest BCUT2D eigenvalue weighted by Crippen LogP contribution is 2.25. The smallest absolute Gasteiger partial charge is 0.179 e. The van der Waals surface area contributed by atoms with Gasteiger partial charge in [0, 0.05) is 11.9 Å². The first-order chi connectivity index (χ1) is 10.0. The van der Waals surface area contributed by atoms with Crippen LogP contribution in [-0.4, -0.2) is 24.9 Å². The lowest BCUT2D eigenvalue weighted by Crippen LogP contribution is -2.09. The Labute approximate surface area is 132 Å². The molecule has 0 bridgehead atoms. The average molecular weight is 339 g/mol. The summed E-state index contributed by atoms with van der Waals surface area (Å²) in [5.74, 6) is 0.301. The van der Waals surface area contributed by atoms with E-state index in [9.17, 15) is 8.42 Å². The highest BCUT2D eigenvalue weighted by atomic mass is 35.5. The van der Waals surface area contributed by atoms with Crippen molar-refractivity contribution in [3.63, 3.8) is 0 Å². The Morgan fingerprint density at radius 1 is 1.29 bits per heavy atom. The van der Waals surface area contributed by atoms with Gasteiger partial charge < -0.3 is 0 Å². The molecule has 1 aromatic carbocycles. The van der Waals surface area contributed by atoms with Gasteiger partial charge in [-0.15, -0.1) is 11.8 Å². The van der Waals surface area contributed by atoms with Crippen LogP contribution in [0.4, 0.5) is 0 Å². The Bertz CT molecular complexity index is 786. The molecular weight excluding hydrogens is 328 g/mol. The fourth-order valence-corrected chi connectivity index (χ4v) is 4.46. The maximum absolute atomic E-state index is 12.2. The van der Waals surface area contributed by atoms with Gasteiger partial charge in [0.05, 0.1) is 27.3 Å². The van der Waals surface area contributed by atoms with Crippen molar-refractivity contribution in [1.29, 1.82) is 5.26 Å². The Morgan fingerprint density at radius 2 is 2.10 bits per heavy atom. The minimum atomic E-state index is -3.42. The van der Waals surface area contributed by atoms with E-state index >= 15 is 0 Å². The van der Waals surface area contributed by atoms with Crippen molar-refractivity contribution in [2.75, 3.05) is 11.5 Å². The summed E-state index contributed by atoms with van der Waals surface area (Å²) in [5.41, 5.74) is 0.330. The summed E-state index contributed by atoms with van der Waals surface area (Å²) in [6, 6.07) is 11.4. The summed E-state index contributed by atoms with van der Waals surface area (Å²) in [6.45, 7) is 0. The summed E-state index contributed by atoms with van der Waals surface area (Å²) in [7, 11) is -3.42. The molecule has 108 valence electrons. The van der Waals surface area contributed by atoms with Crippen LogP contribution in [-0.2, 0) is 9.84 Å². The van der Waals surface area contributed by atoms with E-state index in [1.807, 2.05) is 6.07 Å². The molecule has 0 amide bonds. The second-order valence-electron chi connectivity index (χ2n) is 4.10. The van der Waals surface area contributed by atoms with E-state index in [1.165, 1.54) is 23.9 Å². The van der Waals surface area contributed by atoms with E-state index in [2.05, 4.69) is 4.98 Å². The SMILES string of the molecule is N#Cc1cccc(S(=O)(=O)CCSc2ncccc2Cl)c1. The number of thioether (sulfide) groups is 1. The normalized spacial score (nSPS) is 11.0. The van der Waals surface area contributed by atoms with Gasteiger partial charge in [-0.05, 0) is 30.3 Å². The minimum absolute atomic E-state index is 0.0422. The van der Waals surface area contributed by atoms with Gasteiger partial charge in [0.15, 0.2) is 9.84 Å². The zero-order chi connectivity index (χ0) is 15.3. The van der Waals surface area contributed by atoms with Gasteiger partial charge in [-0.2, -0.15) is 5.26 Å². The molecule has 0 saturated heterocycles. The molecule has 0 aliphatic carbocycles. The lowest BCUT2D eigenvalue weighted by atomic mass is 10.2. The summed E-state index contributed by atoms with van der Waals surface area (Å²) < 4.78 is 24.4. The van der Waals surface area contributed by atoms with Crippen LogP contribution in [0.5, 0.6) is 0 Å². The summed E-state index contributed by atoms with van der Waals surface area (Å²) in [4.78, 5) is 4.25. The van der Waals surface area contributed by atoms with Gasteiger partial charge in [0.1, 0.15) is 5.03 Å². The molecule has 21 heavy (non-hydrogen) atoms. The van der Waals surface area contributed by atoms with Crippen LogP contribution in [0.2, 0.25) is 5.02 Å². The number of rotatable bonds is 5. The highest BCUT2D eigenvalue weighted by Gasteiger charge is 2.15. The predicted octanol–water partition coefficient (Wildman–Crippen LogP) is 3.17. The zero-order valence-corrected chi connectivity index (χ0v) is 13.2. The van der Waals surface area contributed by atoms with Gasteiger partial charge in [-0.1, -0.05) is 17.7 Å². The first-order valence-corrected chi connectivity index (χ1v) is 9.01. The third-order valence-electron chi connectivity index (χ3n) is 2.64. The van der Waals surface area contributed by atoms with E-state index < -0.39 is 9.84 Å². The van der Waals surface area contributed by atoms with E-state index in [0.717, 1.165) is 0 Å². The number of nitriles is 1. The van der Waals surface area contributed by atoms with Crippen LogP contribution in [0.25, 0.3) is 0 Å². The number of nitrogens with zero attached hydrogens (tertiary/aromatic N) is 2. The number of hydrogen-bond donors (Lipinski definition) is 0. The van der Waals surface area contributed by atoms with Crippen molar-refractivity contribution in [1.82, 2.24) is 4.98 Å². The van der Waals surface area contributed by atoms with E-state index in [4.69, 9.17) is 16.9 Å². The molecule has 0 aliphatic rings. The fourth-order valence-electron chi connectivity index (χ4n) is 1.60. The third kappa shape index (κ3) is 4.21. The van der Waals surface area contributed by atoms with Crippen LogP contribution in [0, 0.1) is 11.3 Å². The lowest BCUT2D eigenvalue weighted by Gasteiger charge is -2.05. The summed E-state index contributed by atoms with van der Waals surface area (Å²) >= 11 is 7.25. The molecule has 4 nitrogen and oxygen atoms in total. The maximum atomic E-state index is 12.2. The Kier molecular flexibility index (Phi) is 5.23. The number of aromatic nitrogens is 1. The lowest BCUT2D eigenvalue weighted by molar-refractivity contribution is 0.597. The van der Waals surface area contributed by atoms with Crippen molar-refractivity contribution < 1.29 is 8.42 Å². The minimum Gasteiger partial charge on any atom is -0.248 e. The monoisotopic (exact) mass is 338 g/mol. The van der Waals surface area contributed by atoms with Gasteiger partial charge in [-0.25, -0.2) is 13.4 Å². The first-order valence-electron chi connectivity index (χ1n) is 5.99. The van der Waals surface area contributed by atoms with Crippen molar-refractivity contribution in [2.24, 2.45) is 0 Å². The fraction of sp³-hybridized carbons (Fsp3) is 0.143. The maximum Gasteiger partial charge on any atom is 0.179 e. The molecule has 0 fully saturated rings. The first kappa shape index (κ1) is 15.8. The molecule has 0 radical (unpaired) electrons. The van der Waals surface area contributed by atoms with Crippen molar-refractivity contribution in [3.8, 4) is 6.07 Å². The number of halogens is 1. The van der Waals surface area contributed by atoms with Crippen LogP contribution < -0.4 is 0 Å². The summed E-state index contributed by atoms with van der Waals surface area (Å²) in [5, 5.41) is 9.93. The number of benzene rings is 1. The second kappa shape index (κ2) is 6.94. The molecule has 0 spiro atoms. The van der Waals surface area contributed by atoms with Crippen molar-refractivity contribution >= 4 is 33.2 Å². The Morgan fingerprint density at radius 3 is 2.81 bits per heavy atom. The van der Waals surface area contributed by atoms with Crippen molar-refractivity contribution in [2.45, 2.75) is 9.92 Å². The molecule has 2 rings (SSSR count). The van der Waals surface area contributed by atoms with Crippen LogP contribution in [0.3, 0.4) is 0 Å². The molecular formula is C14H11ClN2O2S2. The topological polar surface area (TPSA) is 70.8 Å². The quantitative estimate of drug-likeness (QED) is 0.783. The molecule has 1 heterocycles. The number of pyridine rings is 1. The van der Waals surface area contributed by atoms with Crippen LogP contribution in [0.15, 0.2) is 52.5 Å². The molecule has 0 atom stereocenters. The second-order valence-corrected chi connectivity index (χ2v) is 7.70. The van der Waals surface area contributed by atoms with Crippen molar-refractivity contribution in [3.05, 3.63) is 53.2 Å². The Hall–Kier alpha value is -1.55. The largest absolute Gasteiger partial charge is 0.248 e. The van der Waals surface area contributed by atoms with E-state index in [1.54, 1.807) is 30.5 Å². The van der Waals surface area contributed by atoms with Crippen LogP contribution in [0.1, 0.15) is 5.56 Å². The number of hydrogen-bond acceptors (Lipinski definition) is 5. The van der Waals surface area contributed by atoms with Crippen LogP contribution >= 0.6 is 23.4 Å². The van der Waals surface area contributed by atoms with Gasteiger partial charge >= 0.3 is 0 Å². The van der Waals surface area contributed by atoms with Gasteiger partial charge in [0.25, 0.3) is 0 Å². The molecule has 0 unspecified atom stereocenters. The molecule has 0 saturated carbocycles. The standard InChI is InChI=1S/C14H11ClN2O2S2/c15-13-5-2-6-17-14(13)20-7-8-21(18,19)12-4-1-3-11(9-12)10-16/h1-6,9H,7-8H2. The zero-order valence-electron chi connectivity index (χ0n) is 10.9. The molecule has 0 aliphatic heterocycles. The highest BCUT2D eigenvalue weighted by molar-refractivity contribution is 8.00. The predicted molar refractivity (Wildman–Crippen MR) is 83.2 cm³/mol.